The van der Waals surface area contributed by atoms with E-state index in [0.29, 0.717) is 6.04 Å². The normalized spacial score (nSPS) is 26.5. The number of nitrogens with zero attached hydrogens (tertiary/aromatic N) is 1. The van der Waals surface area contributed by atoms with Gasteiger partial charge in [0, 0.05) is 34.6 Å². The zero-order valence-corrected chi connectivity index (χ0v) is 20.9. The van der Waals surface area contributed by atoms with Crippen molar-refractivity contribution in [2.75, 3.05) is 26.7 Å². The van der Waals surface area contributed by atoms with Crippen LogP contribution in [-0.2, 0) is 4.79 Å². The third-order valence-electron chi connectivity index (χ3n) is 8.25. The lowest BCUT2D eigenvalue weighted by atomic mass is 9.88. The topological polar surface area (TPSA) is 29.1 Å². The zero-order chi connectivity index (χ0) is 22.7. The number of benzene rings is 2. The van der Waals surface area contributed by atoms with Crippen LogP contribution in [-0.4, -0.2) is 43.1 Å². The third kappa shape index (κ3) is 5.33. The van der Waals surface area contributed by atoms with E-state index in [1.54, 1.807) is 11.8 Å². The fourth-order valence-corrected chi connectivity index (χ4v) is 7.48. The van der Waals surface area contributed by atoms with Crippen molar-refractivity contribution in [3.63, 3.8) is 0 Å². The minimum Gasteiger partial charge on any atom is -0.352 e. The van der Waals surface area contributed by atoms with Crippen LogP contribution in [0.5, 0.6) is 0 Å². The number of quaternary nitrogens is 1. The van der Waals surface area contributed by atoms with Crippen molar-refractivity contribution in [1.29, 1.82) is 0 Å². The maximum Gasteiger partial charge on any atom is 0.232 e. The average Bonchev–Trinajstić information content (AvgIpc) is 2.81. The molecule has 3 nitrogen and oxygen atoms in total. The molecule has 0 atom stereocenters. The summed E-state index contributed by atoms with van der Waals surface area (Å²) in [4.78, 5) is 16.0. The monoisotopic (exact) mass is 463 g/mol. The molecule has 0 unspecified atom stereocenters. The summed E-state index contributed by atoms with van der Waals surface area (Å²) in [5.74, 6) is 0.877. The van der Waals surface area contributed by atoms with Gasteiger partial charge in [-0.25, -0.2) is 0 Å². The molecule has 0 bridgehead atoms. The number of nitrogens with one attached hydrogen (secondary N) is 1. The van der Waals surface area contributed by atoms with Crippen molar-refractivity contribution in [3.8, 4) is 0 Å². The lowest BCUT2D eigenvalue weighted by Gasteiger charge is -2.43. The molecular weight excluding hydrogens is 424 g/mol. The fourth-order valence-electron chi connectivity index (χ4n) is 6.34. The summed E-state index contributed by atoms with van der Waals surface area (Å²) in [6, 6.07) is 17.1. The Labute approximate surface area is 203 Å². The highest BCUT2D eigenvalue weighted by Gasteiger charge is 2.36. The van der Waals surface area contributed by atoms with Crippen molar-refractivity contribution >= 4 is 17.7 Å². The highest BCUT2D eigenvalue weighted by atomic mass is 32.2. The third-order valence-corrected chi connectivity index (χ3v) is 9.43. The second-order valence-corrected chi connectivity index (χ2v) is 11.9. The van der Waals surface area contributed by atoms with Gasteiger partial charge in [0.05, 0.1) is 32.6 Å². The van der Waals surface area contributed by atoms with Gasteiger partial charge in [-0.2, -0.15) is 0 Å². The van der Waals surface area contributed by atoms with E-state index >= 15 is 0 Å². The Kier molecular flexibility index (Phi) is 7.13. The van der Waals surface area contributed by atoms with Crippen LogP contribution < -0.4 is 5.32 Å². The zero-order valence-electron chi connectivity index (χ0n) is 20.1. The van der Waals surface area contributed by atoms with Crippen molar-refractivity contribution in [2.45, 2.75) is 79.5 Å². The highest BCUT2D eigenvalue weighted by molar-refractivity contribution is 7.99. The standard InChI is InChI=1S/C29H38N2OS/c1-31(21-22-11-5-3-2-4-6-12-22)19-17-23(18-20-31)30-29(32)28-24-13-7-9-15-26(24)33-27-16-10-8-14-25(27)28/h7-10,13-16,22-23,28H,2-6,11-12,17-21H2,1H3/p+1. The van der Waals surface area contributed by atoms with Crippen LogP contribution in [0.25, 0.3) is 0 Å². The van der Waals surface area contributed by atoms with Crippen LogP contribution in [0.15, 0.2) is 58.3 Å². The second-order valence-electron chi connectivity index (χ2n) is 10.9. The van der Waals surface area contributed by atoms with Gasteiger partial charge in [-0.15, -0.1) is 0 Å². The minimum atomic E-state index is -0.198. The van der Waals surface area contributed by atoms with Crippen LogP contribution >= 0.6 is 11.8 Å². The first-order valence-corrected chi connectivity index (χ1v) is 13.9. The van der Waals surface area contributed by atoms with Gasteiger partial charge in [0.1, 0.15) is 0 Å². The molecule has 1 N–H and O–H groups in total. The fraction of sp³-hybridized carbons (Fsp3) is 0.552. The van der Waals surface area contributed by atoms with Gasteiger partial charge in [-0.05, 0) is 36.1 Å². The predicted molar refractivity (Wildman–Crippen MR) is 137 cm³/mol. The smallest absolute Gasteiger partial charge is 0.232 e. The minimum absolute atomic E-state index is 0.177. The van der Waals surface area contributed by atoms with Gasteiger partial charge in [0.15, 0.2) is 0 Å². The molecule has 2 aromatic carbocycles. The molecule has 2 aromatic rings. The van der Waals surface area contributed by atoms with Crippen molar-refractivity contribution in [1.82, 2.24) is 5.32 Å². The molecule has 1 amide bonds. The first-order valence-electron chi connectivity index (χ1n) is 13.1. The summed E-state index contributed by atoms with van der Waals surface area (Å²) in [6.07, 6.45) is 12.2. The molecule has 1 saturated carbocycles. The number of piperidine rings is 1. The average molecular weight is 464 g/mol. The van der Waals surface area contributed by atoms with Crippen LogP contribution in [0.2, 0.25) is 0 Å². The van der Waals surface area contributed by atoms with Crippen LogP contribution in [0.1, 0.15) is 74.8 Å². The SMILES string of the molecule is C[N+]1(CC2CCCCCCC2)CCC(NC(=O)C2c3ccccc3Sc3ccccc32)CC1. The van der Waals surface area contributed by atoms with E-state index in [2.05, 4.69) is 60.9 Å². The second kappa shape index (κ2) is 10.2. The summed E-state index contributed by atoms with van der Waals surface area (Å²) >= 11 is 1.79. The van der Waals surface area contributed by atoms with Gasteiger partial charge in [-0.1, -0.05) is 80.3 Å². The molecule has 1 aliphatic carbocycles. The summed E-state index contributed by atoms with van der Waals surface area (Å²) < 4.78 is 1.20. The maximum atomic E-state index is 13.6. The van der Waals surface area contributed by atoms with E-state index in [-0.39, 0.29) is 11.8 Å². The molecule has 0 spiro atoms. The van der Waals surface area contributed by atoms with E-state index in [1.807, 2.05) is 0 Å². The lowest BCUT2D eigenvalue weighted by molar-refractivity contribution is -0.917. The number of hydrogen-bond donors (Lipinski definition) is 1. The van der Waals surface area contributed by atoms with E-state index in [4.69, 9.17) is 0 Å². The number of carbonyl (C=O) groups is 1. The van der Waals surface area contributed by atoms with Crippen LogP contribution in [0.4, 0.5) is 0 Å². The number of rotatable bonds is 4. The van der Waals surface area contributed by atoms with Crippen LogP contribution in [0, 0.1) is 5.92 Å². The molecule has 2 heterocycles. The molecule has 2 aliphatic heterocycles. The van der Waals surface area contributed by atoms with E-state index < -0.39 is 0 Å². The molecule has 4 heteroatoms. The van der Waals surface area contributed by atoms with Gasteiger partial charge in [-0.3, -0.25) is 4.79 Å². The van der Waals surface area contributed by atoms with E-state index in [0.717, 1.165) is 29.9 Å². The Bertz CT molecular complexity index is 912. The summed E-state index contributed by atoms with van der Waals surface area (Å²) in [5.41, 5.74) is 2.30. The molecule has 33 heavy (non-hydrogen) atoms. The Hall–Kier alpha value is -1.78. The van der Waals surface area contributed by atoms with Gasteiger partial charge < -0.3 is 9.80 Å². The summed E-state index contributed by atoms with van der Waals surface area (Å²) in [6.45, 7) is 3.71. The quantitative estimate of drug-likeness (QED) is 0.534. The Morgan fingerprint density at radius 3 is 2.00 bits per heavy atom. The Balaban J connectivity index is 1.22. The maximum absolute atomic E-state index is 13.6. The lowest BCUT2D eigenvalue weighted by Crippen LogP contribution is -2.56. The number of amides is 1. The van der Waals surface area contributed by atoms with Gasteiger partial charge in [0.25, 0.3) is 0 Å². The molecule has 0 aromatic heterocycles. The Morgan fingerprint density at radius 1 is 0.848 bits per heavy atom. The number of hydrogen-bond acceptors (Lipinski definition) is 2. The number of fused-ring (bicyclic) bond motifs is 2. The Morgan fingerprint density at radius 2 is 1.39 bits per heavy atom. The number of carbonyl (C=O) groups excluding carboxylic acids is 1. The number of likely N-dealkylation sites (tertiary alicyclic amines) is 1. The molecule has 3 aliphatic rings. The molecule has 1 saturated heterocycles. The van der Waals surface area contributed by atoms with Gasteiger partial charge >= 0.3 is 0 Å². The van der Waals surface area contributed by atoms with Crippen molar-refractivity contribution in [3.05, 3.63) is 59.7 Å². The van der Waals surface area contributed by atoms with E-state index in [9.17, 15) is 4.79 Å². The molecule has 176 valence electrons. The predicted octanol–water partition coefficient (Wildman–Crippen LogP) is 6.37. The van der Waals surface area contributed by atoms with Gasteiger partial charge in [0.2, 0.25) is 5.91 Å². The summed E-state index contributed by atoms with van der Waals surface area (Å²) in [7, 11) is 2.46. The first-order chi connectivity index (χ1) is 16.1. The largest absolute Gasteiger partial charge is 0.352 e. The van der Waals surface area contributed by atoms with E-state index in [1.165, 1.54) is 78.9 Å². The highest BCUT2D eigenvalue weighted by Crippen LogP contribution is 2.45. The summed E-state index contributed by atoms with van der Waals surface area (Å²) in [5, 5.41) is 3.47. The molecule has 0 radical (unpaired) electrons. The first kappa shape index (κ1) is 23.0. The molecule has 5 rings (SSSR count). The molecule has 2 fully saturated rings. The molecular formula is C29H39N2OS+. The van der Waals surface area contributed by atoms with Crippen molar-refractivity contribution in [2.24, 2.45) is 5.92 Å². The van der Waals surface area contributed by atoms with Crippen molar-refractivity contribution < 1.29 is 9.28 Å². The van der Waals surface area contributed by atoms with Crippen LogP contribution in [0.3, 0.4) is 0 Å².